The second kappa shape index (κ2) is 6.99. The molecule has 0 saturated carbocycles. The van der Waals surface area contributed by atoms with Crippen molar-refractivity contribution in [1.82, 2.24) is 5.32 Å². The zero-order valence-electron chi connectivity index (χ0n) is 12.1. The summed E-state index contributed by atoms with van der Waals surface area (Å²) in [6, 6.07) is 5.78. The molecular weight excluding hydrogens is 272 g/mol. The molecule has 1 heterocycles. The topological polar surface area (TPSA) is 58.2 Å². The van der Waals surface area contributed by atoms with E-state index >= 15 is 0 Å². The van der Waals surface area contributed by atoms with E-state index < -0.39 is 10.8 Å². The Morgan fingerprint density at radius 3 is 2.95 bits per heavy atom. The maximum absolute atomic E-state index is 12.2. The molecule has 0 aromatic heterocycles. The Morgan fingerprint density at radius 2 is 2.30 bits per heavy atom. The monoisotopic (exact) mass is 294 g/mol. The molecule has 1 aromatic rings. The number of rotatable bonds is 4. The van der Waals surface area contributed by atoms with Crippen LogP contribution < -0.4 is 10.6 Å². The fraction of sp³-hybridized carbons (Fsp3) is 0.533. The number of benzene rings is 1. The number of carbonyl (C=O) groups excluding carboxylic acids is 1. The Kier molecular flexibility index (Phi) is 5.31. The normalized spacial score (nSPS) is 20.4. The Hall–Kier alpha value is -1.20. The number of hydrogen-bond acceptors (Lipinski definition) is 3. The summed E-state index contributed by atoms with van der Waals surface area (Å²) in [6.07, 6.45) is 3.68. The van der Waals surface area contributed by atoms with Crippen molar-refractivity contribution in [2.45, 2.75) is 25.5 Å². The lowest BCUT2D eigenvalue weighted by atomic mass is 9.98. The van der Waals surface area contributed by atoms with Crippen molar-refractivity contribution in [3.05, 3.63) is 29.3 Å². The largest absolute Gasteiger partial charge is 0.326 e. The lowest BCUT2D eigenvalue weighted by molar-refractivity contribution is -0.120. The predicted molar refractivity (Wildman–Crippen MR) is 83.2 cm³/mol. The maximum Gasteiger partial charge on any atom is 0.228 e. The fourth-order valence-electron chi connectivity index (χ4n) is 2.50. The number of anilines is 1. The van der Waals surface area contributed by atoms with Crippen molar-refractivity contribution in [3.8, 4) is 0 Å². The van der Waals surface area contributed by atoms with E-state index in [2.05, 4.69) is 10.6 Å². The first kappa shape index (κ1) is 15.2. The van der Waals surface area contributed by atoms with Gasteiger partial charge in [-0.25, -0.2) is 0 Å². The van der Waals surface area contributed by atoms with E-state index in [4.69, 9.17) is 0 Å². The van der Waals surface area contributed by atoms with Gasteiger partial charge in [-0.1, -0.05) is 12.1 Å². The number of amides is 1. The predicted octanol–water partition coefficient (Wildman–Crippen LogP) is 1.81. The Balaban J connectivity index is 2.08. The number of nitrogens with one attached hydrogen (secondary N) is 2. The highest BCUT2D eigenvalue weighted by Gasteiger charge is 2.21. The zero-order chi connectivity index (χ0) is 14.5. The second-order valence-electron chi connectivity index (χ2n) is 5.34. The van der Waals surface area contributed by atoms with Gasteiger partial charge in [-0.2, -0.15) is 0 Å². The number of hydrogen-bond donors (Lipinski definition) is 2. The van der Waals surface area contributed by atoms with E-state index in [1.165, 1.54) is 0 Å². The van der Waals surface area contributed by atoms with Crippen molar-refractivity contribution in [2.75, 3.05) is 24.7 Å². The molecule has 0 bridgehead atoms. The summed E-state index contributed by atoms with van der Waals surface area (Å²) in [4.78, 5) is 12.2. The highest BCUT2D eigenvalue weighted by Crippen LogP contribution is 2.21. The first-order valence-corrected chi connectivity index (χ1v) is 8.70. The average molecular weight is 294 g/mol. The molecule has 2 unspecified atom stereocenters. The van der Waals surface area contributed by atoms with Crippen LogP contribution in [0.3, 0.4) is 0 Å². The van der Waals surface area contributed by atoms with E-state index in [1.54, 1.807) is 6.26 Å². The third-order valence-electron chi connectivity index (χ3n) is 3.73. The van der Waals surface area contributed by atoms with Crippen LogP contribution >= 0.6 is 0 Å². The molecule has 4 nitrogen and oxygen atoms in total. The van der Waals surface area contributed by atoms with Gasteiger partial charge in [-0.3, -0.25) is 9.00 Å². The summed E-state index contributed by atoms with van der Waals surface area (Å²) in [5, 5.41) is 6.27. The van der Waals surface area contributed by atoms with Gasteiger partial charge in [0.15, 0.2) is 0 Å². The van der Waals surface area contributed by atoms with Crippen molar-refractivity contribution < 1.29 is 9.00 Å². The van der Waals surface area contributed by atoms with Crippen LogP contribution in [-0.2, 0) is 21.3 Å². The molecule has 2 rings (SSSR count). The third-order valence-corrected chi connectivity index (χ3v) is 4.45. The van der Waals surface area contributed by atoms with Gasteiger partial charge < -0.3 is 10.6 Å². The molecule has 0 spiro atoms. The molecule has 2 N–H and O–H groups in total. The van der Waals surface area contributed by atoms with Crippen LogP contribution in [0.25, 0.3) is 0 Å². The summed E-state index contributed by atoms with van der Waals surface area (Å²) in [5.41, 5.74) is 2.88. The quantitative estimate of drug-likeness (QED) is 0.890. The molecule has 5 heteroatoms. The molecule has 1 amide bonds. The summed E-state index contributed by atoms with van der Waals surface area (Å²) in [7, 11) is -0.875. The van der Waals surface area contributed by atoms with Crippen LogP contribution in [-0.4, -0.2) is 29.5 Å². The van der Waals surface area contributed by atoms with Gasteiger partial charge in [-0.05, 0) is 43.5 Å². The average Bonchev–Trinajstić information content (AvgIpc) is 2.43. The van der Waals surface area contributed by atoms with Crippen molar-refractivity contribution >= 4 is 22.4 Å². The summed E-state index contributed by atoms with van der Waals surface area (Å²) in [5.74, 6) is 0.655. The van der Waals surface area contributed by atoms with Crippen LogP contribution in [0.15, 0.2) is 18.2 Å². The smallest absolute Gasteiger partial charge is 0.228 e. The lowest BCUT2D eigenvalue weighted by Crippen LogP contribution is -2.37. The first-order chi connectivity index (χ1) is 9.58. The van der Waals surface area contributed by atoms with Crippen molar-refractivity contribution in [3.63, 3.8) is 0 Å². The van der Waals surface area contributed by atoms with Gasteiger partial charge in [0.25, 0.3) is 0 Å². The Morgan fingerprint density at radius 1 is 1.50 bits per heavy atom. The lowest BCUT2D eigenvalue weighted by Gasteiger charge is -2.22. The van der Waals surface area contributed by atoms with Gasteiger partial charge in [0, 0.05) is 35.0 Å². The van der Waals surface area contributed by atoms with E-state index in [1.807, 2.05) is 25.1 Å². The van der Waals surface area contributed by atoms with Crippen LogP contribution in [0, 0.1) is 12.8 Å². The van der Waals surface area contributed by atoms with Crippen LogP contribution in [0.5, 0.6) is 0 Å². The highest BCUT2D eigenvalue weighted by atomic mass is 32.2. The fourth-order valence-corrected chi connectivity index (χ4v) is 3.26. The number of piperidine rings is 1. The molecule has 2 atom stereocenters. The molecule has 1 aliphatic rings. The minimum Gasteiger partial charge on any atom is -0.326 e. The molecular formula is C15H22N2O2S. The van der Waals surface area contributed by atoms with Gasteiger partial charge in [0.2, 0.25) is 5.91 Å². The minimum absolute atomic E-state index is 0.0483. The molecule has 1 saturated heterocycles. The Labute approximate surface area is 122 Å². The number of carbonyl (C=O) groups is 1. The SMILES string of the molecule is Cc1c(CS(C)=O)cccc1NC(=O)C1CCCNC1. The van der Waals surface area contributed by atoms with E-state index in [9.17, 15) is 9.00 Å². The van der Waals surface area contributed by atoms with E-state index in [0.717, 1.165) is 42.7 Å². The maximum atomic E-state index is 12.2. The third kappa shape index (κ3) is 3.90. The molecule has 20 heavy (non-hydrogen) atoms. The van der Waals surface area contributed by atoms with E-state index in [-0.39, 0.29) is 11.8 Å². The standard InChI is InChI=1S/C15H22N2O2S/c1-11-13(10-20(2)19)5-3-7-14(11)17-15(18)12-6-4-8-16-9-12/h3,5,7,12,16H,4,6,8-10H2,1-2H3,(H,17,18). The van der Waals surface area contributed by atoms with Gasteiger partial charge in [-0.15, -0.1) is 0 Å². The summed E-state index contributed by atoms with van der Waals surface area (Å²) >= 11 is 0. The molecule has 1 fully saturated rings. The van der Waals surface area contributed by atoms with E-state index in [0.29, 0.717) is 5.75 Å². The van der Waals surface area contributed by atoms with Crippen LogP contribution in [0.4, 0.5) is 5.69 Å². The minimum atomic E-state index is -0.875. The summed E-state index contributed by atoms with van der Waals surface area (Å²) < 4.78 is 11.4. The highest BCUT2D eigenvalue weighted by molar-refractivity contribution is 7.83. The van der Waals surface area contributed by atoms with Gasteiger partial charge in [0.1, 0.15) is 0 Å². The van der Waals surface area contributed by atoms with Crippen molar-refractivity contribution in [1.29, 1.82) is 0 Å². The molecule has 1 aromatic carbocycles. The molecule has 110 valence electrons. The van der Waals surface area contributed by atoms with Crippen molar-refractivity contribution in [2.24, 2.45) is 5.92 Å². The summed E-state index contributed by atoms with van der Waals surface area (Å²) in [6.45, 7) is 3.72. The Bertz CT molecular complexity index is 511. The van der Waals surface area contributed by atoms with Gasteiger partial charge >= 0.3 is 0 Å². The molecule has 0 radical (unpaired) electrons. The first-order valence-electron chi connectivity index (χ1n) is 6.98. The zero-order valence-corrected chi connectivity index (χ0v) is 12.9. The van der Waals surface area contributed by atoms with Crippen LogP contribution in [0.1, 0.15) is 24.0 Å². The van der Waals surface area contributed by atoms with Gasteiger partial charge in [0.05, 0.1) is 5.92 Å². The molecule has 0 aliphatic carbocycles. The molecule has 1 aliphatic heterocycles. The second-order valence-corrected chi connectivity index (χ2v) is 6.77. The van der Waals surface area contributed by atoms with Crippen LogP contribution in [0.2, 0.25) is 0 Å².